The van der Waals surface area contributed by atoms with Crippen LogP contribution in [0.4, 0.5) is 4.79 Å². The first-order chi connectivity index (χ1) is 16.5. The second-order valence-electron chi connectivity index (χ2n) is 8.62. The van der Waals surface area contributed by atoms with Crippen LogP contribution >= 0.6 is 0 Å². The van der Waals surface area contributed by atoms with Gasteiger partial charge in [0.25, 0.3) is 5.91 Å². The van der Waals surface area contributed by atoms with Crippen molar-refractivity contribution in [3.8, 4) is 11.3 Å². The fraction of sp³-hybridized carbons (Fsp3) is 0.308. The molecule has 1 N–H and O–H groups in total. The normalized spacial score (nSPS) is 14.1. The molecule has 3 heterocycles. The van der Waals surface area contributed by atoms with Crippen LogP contribution in [0.25, 0.3) is 33.1 Å². The van der Waals surface area contributed by atoms with E-state index in [1.54, 1.807) is 16.0 Å². The molecule has 0 saturated carbocycles. The van der Waals surface area contributed by atoms with Gasteiger partial charge in [-0.2, -0.15) is 5.10 Å². The van der Waals surface area contributed by atoms with Gasteiger partial charge in [0, 0.05) is 48.1 Å². The standard InChI is InChI=1S/C26H27N5O3/c1-3-12-34-26(33)31-10-8-30(9-11-31)25(32)19-4-6-21-17(2)13-23(28-24(21)15-19)18-5-7-22-20(14-18)16-27-29-22/h4-7,13-16H,3,8-12H2,1-2H3,(H,27,29). The van der Waals surface area contributed by atoms with Gasteiger partial charge in [-0.15, -0.1) is 0 Å². The molecule has 1 aliphatic heterocycles. The van der Waals surface area contributed by atoms with E-state index in [2.05, 4.69) is 29.3 Å². The van der Waals surface area contributed by atoms with Crippen molar-refractivity contribution in [2.24, 2.45) is 0 Å². The van der Waals surface area contributed by atoms with E-state index in [1.165, 1.54) is 0 Å². The summed E-state index contributed by atoms with van der Waals surface area (Å²) in [4.78, 5) is 33.6. The average Bonchev–Trinajstić information content (AvgIpc) is 3.34. The van der Waals surface area contributed by atoms with Crippen LogP contribution in [0.5, 0.6) is 0 Å². The molecule has 34 heavy (non-hydrogen) atoms. The number of benzene rings is 2. The summed E-state index contributed by atoms with van der Waals surface area (Å²) in [6.45, 7) is 6.34. The maximum atomic E-state index is 13.2. The zero-order valence-electron chi connectivity index (χ0n) is 19.4. The predicted molar refractivity (Wildman–Crippen MR) is 131 cm³/mol. The smallest absolute Gasteiger partial charge is 0.409 e. The second-order valence-corrected chi connectivity index (χ2v) is 8.62. The SMILES string of the molecule is CCCOC(=O)N1CCN(C(=O)c2ccc3c(C)cc(-c4ccc5[nH]ncc5c4)nc3c2)CC1. The van der Waals surface area contributed by atoms with Gasteiger partial charge in [0.1, 0.15) is 0 Å². The number of ether oxygens (including phenoxy) is 1. The summed E-state index contributed by atoms with van der Waals surface area (Å²) < 4.78 is 5.21. The maximum absolute atomic E-state index is 13.2. The molecule has 8 nitrogen and oxygen atoms in total. The number of H-pyrrole nitrogens is 1. The van der Waals surface area contributed by atoms with Crippen molar-refractivity contribution in [2.75, 3.05) is 32.8 Å². The third-order valence-electron chi connectivity index (χ3n) is 6.25. The zero-order valence-corrected chi connectivity index (χ0v) is 19.4. The van der Waals surface area contributed by atoms with Crippen molar-refractivity contribution in [3.05, 3.63) is 59.8 Å². The Balaban J connectivity index is 1.37. The van der Waals surface area contributed by atoms with Crippen molar-refractivity contribution in [3.63, 3.8) is 0 Å². The van der Waals surface area contributed by atoms with E-state index < -0.39 is 0 Å². The van der Waals surface area contributed by atoms with Crippen molar-refractivity contribution in [2.45, 2.75) is 20.3 Å². The van der Waals surface area contributed by atoms with Crippen molar-refractivity contribution in [1.82, 2.24) is 25.0 Å². The van der Waals surface area contributed by atoms with E-state index in [0.717, 1.165) is 45.0 Å². The summed E-state index contributed by atoms with van der Waals surface area (Å²) in [5, 5.41) is 9.10. The summed E-state index contributed by atoms with van der Waals surface area (Å²) in [5.74, 6) is -0.0480. The Morgan fingerprint density at radius 3 is 2.62 bits per heavy atom. The summed E-state index contributed by atoms with van der Waals surface area (Å²) in [6.07, 6.45) is 2.28. The van der Waals surface area contributed by atoms with E-state index in [0.29, 0.717) is 38.3 Å². The van der Waals surface area contributed by atoms with Gasteiger partial charge in [0.15, 0.2) is 0 Å². The van der Waals surface area contributed by atoms with E-state index >= 15 is 0 Å². The third kappa shape index (κ3) is 4.19. The number of aryl methyl sites for hydroxylation is 1. The van der Waals surface area contributed by atoms with Gasteiger partial charge in [-0.05, 0) is 49.2 Å². The lowest BCUT2D eigenvalue weighted by Gasteiger charge is -2.34. The summed E-state index contributed by atoms with van der Waals surface area (Å²) in [5.41, 5.74) is 5.33. The Kier molecular flexibility index (Phi) is 5.88. The number of piperazine rings is 1. The molecule has 2 amide bonds. The van der Waals surface area contributed by atoms with Gasteiger partial charge in [0.05, 0.1) is 29.5 Å². The van der Waals surface area contributed by atoms with Crippen molar-refractivity contribution >= 4 is 33.8 Å². The molecule has 0 radical (unpaired) electrons. The van der Waals surface area contributed by atoms with Crippen LogP contribution in [0.3, 0.4) is 0 Å². The molecule has 0 spiro atoms. The Bertz CT molecular complexity index is 1370. The molecule has 0 bridgehead atoms. The van der Waals surface area contributed by atoms with Crippen LogP contribution in [-0.2, 0) is 4.74 Å². The fourth-order valence-electron chi connectivity index (χ4n) is 4.34. The molecule has 2 aromatic heterocycles. The van der Waals surface area contributed by atoms with Gasteiger partial charge < -0.3 is 14.5 Å². The number of hydrogen-bond acceptors (Lipinski definition) is 5. The number of aromatic nitrogens is 3. The number of fused-ring (bicyclic) bond motifs is 2. The molecule has 174 valence electrons. The Labute approximate surface area is 197 Å². The topological polar surface area (TPSA) is 91.4 Å². The Morgan fingerprint density at radius 1 is 1.03 bits per heavy atom. The van der Waals surface area contributed by atoms with Gasteiger partial charge in [-0.1, -0.05) is 19.1 Å². The van der Waals surface area contributed by atoms with E-state index in [9.17, 15) is 9.59 Å². The van der Waals surface area contributed by atoms with E-state index in [4.69, 9.17) is 9.72 Å². The lowest BCUT2D eigenvalue weighted by Crippen LogP contribution is -2.50. The second kappa shape index (κ2) is 9.13. The minimum atomic E-state index is -0.305. The van der Waals surface area contributed by atoms with E-state index in [-0.39, 0.29) is 12.0 Å². The molecule has 1 saturated heterocycles. The first-order valence-corrected chi connectivity index (χ1v) is 11.6. The first kappa shape index (κ1) is 21.9. The van der Waals surface area contributed by atoms with Crippen molar-refractivity contribution in [1.29, 1.82) is 0 Å². The zero-order chi connectivity index (χ0) is 23.7. The van der Waals surface area contributed by atoms with Crippen molar-refractivity contribution < 1.29 is 14.3 Å². The van der Waals surface area contributed by atoms with Crippen LogP contribution < -0.4 is 0 Å². The summed E-state index contributed by atoms with van der Waals surface area (Å²) in [6, 6.07) is 13.8. The molecule has 0 aliphatic carbocycles. The number of carbonyl (C=O) groups excluding carboxylic acids is 2. The van der Waals surface area contributed by atoms with E-state index in [1.807, 2.05) is 37.3 Å². The maximum Gasteiger partial charge on any atom is 0.409 e. The highest BCUT2D eigenvalue weighted by atomic mass is 16.6. The Morgan fingerprint density at radius 2 is 1.82 bits per heavy atom. The number of nitrogens with zero attached hydrogens (tertiary/aromatic N) is 4. The summed E-state index contributed by atoms with van der Waals surface area (Å²) >= 11 is 0. The number of amides is 2. The van der Waals surface area contributed by atoms with Gasteiger partial charge in [0.2, 0.25) is 0 Å². The van der Waals surface area contributed by atoms with Crippen LogP contribution in [0, 0.1) is 6.92 Å². The van der Waals surface area contributed by atoms with Gasteiger partial charge >= 0.3 is 6.09 Å². The van der Waals surface area contributed by atoms with Crippen LogP contribution in [0.2, 0.25) is 0 Å². The quantitative estimate of drug-likeness (QED) is 0.491. The van der Waals surface area contributed by atoms with Gasteiger partial charge in [-0.25, -0.2) is 9.78 Å². The monoisotopic (exact) mass is 457 g/mol. The lowest BCUT2D eigenvalue weighted by molar-refractivity contribution is 0.0560. The van der Waals surface area contributed by atoms with Gasteiger partial charge in [-0.3, -0.25) is 9.89 Å². The third-order valence-corrected chi connectivity index (χ3v) is 6.25. The highest BCUT2D eigenvalue weighted by molar-refractivity contribution is 5.99. The molecular formula is C26H27N5O3. The number of hydrogen-bond donors (Lipinski definition) is 1. The fourth-order valence-corrected chi connectivity index (χ4v) is 4.34. The molecular weight excluding hydrogens is 430 g/mol. The molecule has 2 aromatic carbocycles. The van der Waals surface area contributed by atoms with Crippen LogP contribution in [-0.4, -0.2) is 69.8 Å². The minimum Gasteiger partial charge on any atom is -0.449 e. The van der Waals surface area contributed by atoms with Crippen LogP contribution in [0.15, 0.2) is 48.7 Å². The molecule has 4 aromatic rings. The number of rotatable bonds is 4. The number of aromatic amines is 1. The molecule has 0 atom stereocenters. The molecule has 5 rings (SSSR count). The first-order valence-electron chi connectivity index (χ1n) is 11.6. The number of pyridine rings is 1. The molecule has 1 aliphatic rings. The Hall–Kier alpha value is -3.94. The highest BCUT2D eigenvalue weighted by Crippen LogP contribution is 2.27. The highest BCUT2D eigenvalue weighted by Gasteiger charge is 2.26. The molecule has 1 fully saturated rings. The predicted octanol–water partition coefficient (Wildman–Crippen LogP) is 4.39. The average molecular weight is 458 g/mol. The lowest BCUT2D eigenvalue weighted by atomic mass is 10.0. The molecule has 8 heteroatoms. The molecule has 0 unspecified atom stereocenters. The largest absolute Gasteiger partial charge is 0.449 e. The van der Waals surface area contributed by atoms with Crippen LogP contribution in [0.1, 0.15) is 29.3 Å². The number of nitrogens with one attached hydrogen (secondary N) is 1. The minimum absolute atomic E-state index is 0.0480. The number of carbonyl (C=O) groups is 2. The summed E-state index contributed by atoms with van der Waals surface area (Å²) in [7, 11) is 0.